The van der Waals surface area contributed by atoms with E-state index in [0.29, 0.717) is 22.1 Å². The van der Waals surface area contributed by atoms with Crippen LogP contribution < -0.4 is 90.6 Å². The number of aromatic nitrogens is 6. The van der Waals surface area contributed by atoms with Crippen LogP contribution in [0, 0.1) is 0 Å². The van der Waals surface area contributed by atoms with Crippen molar-refractivity contribution in [1.82, 2.24) is 29.9 Å². The van der Waals surface area contributed by atoms with Crippen LogP contribution in [0.5, 0.6) is 11.5 Å². The second kappa shape index (κ2) is 25.4. The maximum atomic E-state index is 13.9. The van der Waals surface area contributed by atoms with Crippen molar-refractivity contribution in [3.8, 4) is 11.5 Å². The Labute approximate surface area is 550 Å². The van der Waals surface area contributed by atoms with Crippen LogP contribution in [0.25, 0.3) is 43.1 Å². The molecule has 434 valence electrons. The first-order valence-corrected chi connectivity index (χ1v) is 30.6. The summed E-state index contributed by atoms with van der Waals surface area (Å²) in [5.74, 6) is -3.13. The van der Waals surface area contributed by atoms with Gasteiger partial charge in [0.25, 0.3) is 40.5 Å². The van der Waals surface area contributed by atoms with Crippen molar-refractivity contribution in [2.75, 3.05) is 21.3 Å². The fraction of sp³-hybridized carbons (Fsp3) is 0. The summed E-state index contributed by atoms with van der Waals surface area (Å²) in [5.41, 5.74) is -0.360. The van der Waals surface area contributed by atoms with Gasteiger partial charge in [-0.15, -0.1) is 10.2 Å². The van der Waals surface area contributed by atoms with Gasteiger partial charge in [-0.3, -0.25) is 18.2 Å². The van der Waals surface area contributed by atoms with Crippen LogP contribution in [0.2, 0.25) is 10.6 Å². The van der Waals surface area contributed by atoms with Crippen molar-refractivity contribution in [2.24, 2.45) is 20.5 Å². The largest absolute Gasteiger partial charge is 1.00 e. The van der Waals surface area contributed by atoms with Crippen LogP contribution >= 0.6 is 23.2 Å². The molecular weight excluding hydrogens is 1290 g/mol. The molecule has 9 aromatic carbocycles. The Morgan fingerprint density at radius 3 is 1.05 bits per heavy atom. The van der Waals surface area contributed by atoms with Crippen molar-refractivity contribution < 1.29 is 121 Å². The van der Waals surface area contributed by atoms with Crippen LogP contribution in [0.15, 0.2) is 186 Å². The van der Waals surface area contributed by atoms with E-state index in [4.69, 9.17) is 23.2 Å². The molecule has 8 N–H and O–H groups in total. The molecule has 11 rings (SSSR count). The zero-order chi connectivity index (χ0) is 61.0. The predicted octanol–water partition coefficient (Wildman–Crippen LogP) is 4.92. The van der Waals surface area contributed by atoms with E-state index in [0.717, 1.165) is 12.1 Å². The van der Waals surface area contributed by atoms with Gasteiger partial charge in [-0.1, -0.05) is 72.2 Å². The Morgan fingerprint density at radius 1 is 0.375 bits per heavy atom. The average Bonchev–Trinajstić information content (AvgIpc) is 3.58. The monoisotopic (exact) mass is 1320 g/mol. The SMILES string of the molecule is O=S(=O)(O)c1cc2cc(N=Nc3cccc4cccc(S(=O)(=O)O)c34)ccc2c([O-])c1Nc1nc(Cl)nc(Nc2ccc(Nc3nc(Cl)nc(Nc4c(S(=O)(=O)O)cc5cc(N=Nc6cccc7cccc(S(=O)(=O)O)c67)ccc5c4[O-])n3)cc2)n1.[Na+].[Na+]. The van der Waals surface area contributed by atoms with Gasteiger partial charge in [0, 0.05) is 22.1 Å². The number of fused-ring (bicyclic) bond motifs is 4. The molecule has 2 aromatic heterocycles. The summed E-state index contributed by atoms with van der Waals surface area (Å²) in [6.07, 6.45) is 0. The molecule has 0 aliphatic rings. The van der Waals surface area contributed by atoms with E-state index in [-0.39, 0.29) is 126 Å². The predicted molar refractivity (Wildman–Crippen MR) is 312 cm³/mol. The molecule has 0 aliphatic carbocycles. The van der Waals surface area contributed by atoms with Crippen molar-refractivity contribution in [1.29, 1.82) is 0 Å². The van der Waals surface area contributed by atoms with E-state index in [1.165, 1.54) is 97.1 Å². The Morgan fingerprint density at radius 2 is 0.705 bits per heavy atom. The number of rotatable bonds is 16. The smallest absolute Gasteiger partial charge is 0.871 e. The molecule has 11 aromatic rings. The molecule has 0 amide bonds. The topological polar surface area (TPSA) is 438 Å². The molecule has 0 saturated carbocycles. The molecule has 0 fully saturated rings. The van der Waals surface area contributed by atoms with Gasteiger partial charge in [0.1, 0.15) is 19.6 Å². The van der Waals surface area contributed by atoms with Gasteiger partial charge >= 0.3 is 59.1 Å². The summed E-state index contributed by atoms with van der Waals surface area (Å²) in [5, 5.41) is 55.4. The maximum absolute atomic E-state index is 13.9. The molecule has 0 aliphatic heterocycles. The zero-order valence-electron chi connectivity index (χ0n) is 44.6. The van der Waals surface area contributed by atoms with Crippen molar-refractivity contribution >= 4 is 176 Å². The fourth-order valence-electron chi connectivity index (χ4n) is 8.88. The number of azo groups is 2. The van der Waals surface area contributed by atoms with Crippen LogP contribution in [0.4, 0.5) is 69.3 Å². The Bertz CT molecular complexity index is 4890. The molecule has 36 heteroatoms. The standard InChI is InChI=1S/C52H34Cl2N14O14S4.2Na/c53-47-59-49(63-51(61-47)57-43-39(85(77,78)79)23-27-21-31(17-19-33(27)45(43)69)65-67-35-9-1-5-25-7-3-11-37(41(25)35)83(71,72)73)55-29-13-15-30(16-14-29)56-50-60-48(54)62-52(64-50)58-44-40(86(80,81)82)24-28-22-32(18-20-34(28)46(44)70)66-68-36-10-2-6-26-8-4-12-38(42(26)36)84(74,75)76;;/h1-24,69-70H,(H,71,72,73)(H,74,75,76)(H,77,78,79)(H,80,81,82)(H2,55,57,59,61,63)(H2,56,58,60,62,64);;/q;2*+1/p-2. The molecular formula is C52H32Cl2N14Na2O14S4. The Balaban J connectivity index is 0.00000461. The second-order valence-electron chi connectivity index (χ2n) is 18.1. The van der Waals surface area contributed by atoms with E-state index in [9.17, 15) is 62.1 Å². The third kappa shape index (κ3) is 14.1. The first-order chi connectivity index (χ1) is 40.7. The van der Waals surface area contributed by atoms with Gasteiger partial charge in [0.2, 0.25) is 34.4 Å². The van der Waals surface area contributed by atoms with Gasteiger partial charge < -0.3 is 31.5 Å². The number of halogens is 2. The van der Waals surface area contributed by atoms with E-state index in [2.05, 4.69) is 71.6 Å². The molecule has 0 radical (unpaired) electrons. The van der Waals surface area contributed by atoms with Crippen LogP contribution in [-0.2, 0) is 40.5 Å². The first-order valence-electron chi connectivity index (χ1n) is 24.1. The Kier molecular flexibility index (Phi) is 18.7. The van der Waals surface area contributed by atoms with Gasteiger partial charge in [0.05, 0.1) is 34.1 Å². The Hall–Kier alpha value is -7.74. The fourth-order valence-corrected chi connectivity index (χ4v) is 12.0. The number of nitrogens with zero attached hydrogens (tertiary/aromatic N) is 10. The summed E-state index contributed by atoms with van der Waals surface area (Å²) in [7, 11) is -19.6. The van der Waals surface area contributed by atoms with Crippen LogP contribution in [0.1, 0.15) is 0 Å². The maximum Gasteiger partial charge on any atom is 1.00 e. The third-order valence-electron chi connectivity index (χ3n) is 12.5. The summed E-state index contributed by atoms with van der Waals surface area (Å²) >= 11 is 12.5. The number of nitrogens with one attached hydrogen (secondary N) is 4. The van der Waals surface area contributed by atoms with Crippen molar-refractivity contribution in [3.05, 3.63) is 156 Å². The quantitative estimate of drug-likeness (QED) is 0.0361. The molecule has 0 saturated heterocycles. The first kappa shape index (κ1) is 64.7. The molecule has 88 heavy (non-hydrogen) atoms. The average molecular weight is 1320 g/mol. The third-order valence-corrected chi connectivity index (χ3v) is 16.4. The minimum atomic E-state index is -5.14. The molecule has 0 atom stereocenters. The molecule has 0 unspecified atom stereocenters. The number of benzene rings is 9. The van der Waals surface area contributed by atoms with E-state index >= 15 is 0 Å². The van der Waals surface area contributed by atoms with Gasteiger partial charge in [-0.25, -0.2) is 0 Å². The van der Waals surface area contributed by atoms with E-state index in [1.807, 2.05) is 0 Å². The number of hydrogen-bond donors (Lipinski definition) is 8. The minimum absolute atomic E-state index is 0. The van der Waals surface area contributed by atoms with Gasteiger partial charge in [-0.2, -0.15) is 73.8 Å². The molecule has 2 heterocycles. The molecule has 0 spiro atoms. The van der Waals surface area contributed by atoms with E-state index < -0.39 is 105 Å². The summed E-state index contributed by atoms with van der Waals surface area (Å²) in [6.45, 7) is 0. The number of hydrogen-bond acceptors (Lipinski definition) is 24. The van der Waals surface area contributed by atoms with Crippen LogP contribution in [-0.4, -0.2) is 81.8 Å². The molecule has 28 nitrogen and oxygen atoms in total. The minimum Gasteiger partial charge on any atom is -0.871 e. The normalized spacial score (nSPS) is 12.2. The van der Waals surface area contributed by atoms with Crippen LogP contribution in [0.3, 0.4) is 0 Å². The summed E-state index contributed by atoms with van der Waals surface area (Å²) < 4.78 is 140. The second-order valence-corrected chi connectivity index (χ2v) is 24.3. The zero-order valence-corrected chi connectivity index (χ0v) is 53.4. The summed E-state index contributed by atoms with van der Waals surface area (Å²) in [4.78, 5) is 21.9. The van der Waals surface area contributed by atoms with Gasteiger partial charge in [0.15, 0.2) is 0 Å². The van der Waals surface area contributed by atoms with Gasteiger partial charge in [-0.05, 0) is 140 Å². The van der Waals surface area contributed by atoms with Crippen molar-refractivity contribution in [3.63, 3.8) is 0 Å². The van der Waals surface area contributed by atoms with E-state index in [1.54, 1.807) is 36.4 Å². The summed E-state index contributed by atoms with van der Waals surface area (Å²) in [6, 6.07) is 33.8. The number of anilines is 8. The van der Waals surface area contributed by atoms with Crippen molar-refractivity contribution in [2.45, 2.75) is 19.6 Å². The molecule has 0 bridgehead atoms.